The van der Waals surface area contributed by atoms with Crippen molar-refractivity contribution in [3.8, 4) is 0 Å². The van der Waals surface area contributed by atoms with Gasteiger partial charge in [-0.25, -0.2) is 0 Å². The van der Waals surface area contributed by atoms with Gasteiger partial charge < -0.3 is 10.0 Å². The van der Waals surface area contributed by atoms with E-state index in [-0.39, 0.29) is 0 Å². The van der Waals surface area contributed by atoms with Crippen LogP contribution in [0.25, 0.3) is 0 Å². The number of aliphatic hydroxyl groups is 1. The Morgan fingerprint density at radius 2 is 1.57 bits per heavy atom. The third-order valence-corrected chi connectivity index (χ3v) is 6.11. The van der Waals surface area contributed by atoms with E-state index >= 15 is 0 Å². The quantitative estimate of drug-likeness (QED) is 0.844. The molecule has 0 radical (unpaired) electrons. The van der Waals surface area contributed by atoms with Crippen LogP contribution in [0.15, 0.2) is 0 Å². The molecular formula is C18H34N2O. The molecule has 1 aliphatic heterocycles. The molecule has 1 N–H and O–H groups in total. The Balaban J connectivity index is 1.52. The van der Waals surface area contributed by atoms with Crippen molar-refractivity contribution in [3.63, 3.8) is 0 Å². The van der Waals surface area contributed by atoms with Gasteiger partial charge in [-0.05, 0) is 38.0 Å². The second kappa shape index (κ2) is 7.94. The van der Waals surface area contributed by atoms with Gasteiger partial charge in [0.15, 0.2) is 0 Å². The second-order valence-electron chi connectivity index (χ2n) is 7.61. The van der Waals surface area contributed by atoms with E-state index in [1.165, 1.54) is 84.0 Å². The van der Waals surface area contributed by atoms with Crippen LogP contribution in [0.2, 0.25) is 0 Å². The maximum Gasteiger partial charge on any atom is 0.0446 e. The zero-order valence-corrected chi connectivity index (χ0v) is 13.7. The van der Waals surface area contributed by atoms with Crippen LogP contribution in [0.3, 0.4) is 0 Å². The van der Waals surface area contributed by atoms with Gasteiger partial charge in [-0.3, -0.25) is 4.90 Å². The molecule has 3 rings (SSSR count). The van der Waals surface area contributed by atoms with E-state index < -0.39 is 0 Å². The number of aliphatic hydroxyl groups excluding tert-OH is 1. The second-order valence-corrected chi connectivity index (χ2v) is 7.61. The van der Waals surface area contributed by atoms with Gasteiger partial charge in [0.25, 0.3) is 0 Å². The molecular weight excluding hydrogens is 260 g/mol. The Hall–Kier alpha value is -0.120. The topological polar surface area (TPSA) is 26.7 Å². The molecule has 0 bridgehead atoms. The molecule has 1 atom stereocenters. The van der Waals surface area contributed by atoms with E-state index in [0.717, 1.165) is 18.4 Å². The Morgan fingerprint density at radius 1 is 0.857 bits per heavy atom. The van der Waals surface area contributed by atoms with Crippen LogP contribution < -0.4 is 0 Å². The molecule has 3 heteroatoms. The van der Waals surface area contributed by atoms with Crippen LogP contribution >= 0.6 is 0 Å². The van der Waals surface area contributed by atoms with Crippen molar-refractivity contribution in [2.75, 3.05) is 32.8 Å². The fourth-order valence-electron chi connectivity index (χ4n) is 4.96. The summed E-state index contributed by atoms with van der Waals surface area (Å²) >= 11 is 0. The van der Waals surface area contributed by atoms with Crippen LogP contribution in [0.5, 0.6) is 0 Å². The smallest absolute Gasteiger partial charge is 0.0446 e. The molecule has 1 saturated heterocycles. The fraction of sp³-hybridized carbons (Fsp3) is 1.00. The molecule has 3 fully saturated rings. The first-order valence-corrected chi connectivity index (χ1v) is 9.46. The first kappa shape index (κ1) is 15.8. The molecule has 0 unspecified atom stereocenters. The lowest BCUT2D eigenvalue weighted by molar-refractivity contribution is 0.0214. The first-order chi connectivity index (χ1) is 10.4. The van der Waals surface area contributed by atoms with E-state index in [1.807, 2.05) is 0 Å². The number of hydrogen-bond donors (Lipinski definition) is 1. The average Bonchev–Trinajstić information content (AvgIpc) is 3.03. The van der Waals surface area contributed by atoms with Crippen molar-refractivity contribution in [2.24, 2.45) is 5.92 Å². The van der Waals surface area contributed by atoms with E-state index in [4.69, 9.17) is 0 Å². The minimum absolute atomic E-state index is 0.352. The monoisotopic (exact) mass is 294 g/mol. The van der Waals surface area contributed by atoms with Crippen molar-refractivity contribution < 1.29 is 5.11 Å². The van der Waals surface area contributed by atoms with Crippen molar-refractivity contribution in [2.45, 2.75) is 76.3 Å². The summed E-state index contributed by atoms with van der Waals surface area (Å²) in [6.07, 6.45) is 13.9. The van der Waals surface area contributed by atoms with E-state index in [1.54, 1.807) is 0 Å². The number of nitrogens with zero attached hydrogens (tertiary/aromatic N) is 2. The SMILES string of the molecule is OCC[C@@H]1CN(CC2CCCCC2)CCN1C1CCCC1. The summed E-state index contributed by atoms with van der Waals surface area (Å²) in [6.45, 7) is 5.37. The van der Waals surface area contributed by atoms with Gasteiger partial charge in [0.05, 0.1) is 0 Å². The highest BCUT2D eigenvalue weighted by molar-refractivity contribution is 4.89. The molecule has 2 aliphatic carbocycles. The van der Waals surface area contributed by atoms with Gasteiger partial charge in [-0.2, -0.15) is 0 Å². The normalized spacial score (nSPS) is 31.0. The minimum Gasteiger partial charge on any atom is -0.396 e. The van der Waals surface area contributed by atoms with Crippen molar-refractivity contribution in [1.82, 2.24) is 9.80 Å². The summed E-state index contributed by atoms with van der Waals surface area (Å²) in [7, 11) is 0. The van der Waals surface area contributed by atoms with Crippen LogP contribution in [-0.4, -0.2) is 59.8 Å². The number of rotatable bonds is 5. The van der Waals surface area contributed by atoms with E-state index in [2.05, 4.69) is 9.80 Å². The summed E-state index contributed by atoms with van der Waals surface area (Å²) in [6, 6.07) is 1.42. The lowest BCUT2D eigenvalue weighted by atomic mass is 9.88. The predicted octanol–water partition coefficient (Wildman–Crippen LogP) is 2.88. The summed E-state index contributed by atoms with van der Waals surface area (Å²) in [5.41, 5.74) is 0. The molecule has 0 aromatic heterocycles. The lowest BCUT2D eigenvalue weighted by Gasteiger charge is -2.45. The van der Waals surface area contributed by atoms with Crippen LogP contribution in [0.4, 0.5) is 0 Å². The van der Waals surface area contributed by atoms with Crippen LogP contribution in [0, 0.1) is 5.92 Å². The Morgan fingerprint density at radius 3 is 2.29 bits per heavy atom. The van der Waals surface area contributed by atoms with Gasteiger partial charge >= 0.3 is 0 Å². The molecule has 21 heavy (non-hydrogen) atoms. The summed E-state index contributed by atoms with van der Waals surface area (Å²) < 4.78 is 0. The Labute approximate surface area is 130 Å². The number of piperazine rings is 1. The molecule has 122 valence electrons. The summed E-state index contributed by atoms with van der Waals surface area (Å²) in [5, 5.41) is 9.44. The highest BCUT2D eigenvalue weighted by Crippen LogP contribution is 2.29. The molecule has 0 aromatic carbocycles. The van der Waals surface area contributed by atoms with E-state index in [9.17, 15) is 5.11 Å². The summed E-state index contributed by atoms with van der Waals surface area (Å²) in [4.78, 5) is 5.46. The zero-order chi connectivity index (χ0) is 14.5. The molecule has 1 heterocycles. The Bertz CT molecular complexity index is 298. The maximum atomic E-state index is 9.44. The highest BCUT2D eigenvalue weighted by atomic mass is 16.3. The van der Waals surface area contributed by atoms with Crippen molar-refractivity contribution in [1.29, 1.82) is 0 Å². The molecule has 2 saturated carbocycles. The largest absolute Gasteiger partial charge is 0.396 e. The van der Waals surface area contributed by atoms with Gasteiger partial charge in [0.2, 0.25) is 0 Å². The third-order valence-electron chi connectivity index (χ3n) is 6.11. The molecule has 0 spiro atoms. The van der Waals surface area contributed by atoms with Crippen LogP contribution in [0.1, 0.15) is 64.2 Å². The van der Waals surface area contributed by atoms with Crippen LogP contribution in [-0.2, 0) is 0 Å². The highest BCUT2D eigenvalue weighted by Gasteiger charge is 2.33. The van der Waals surface area contributed by atoms with Gasteiger partial charge in [-0.1, -0.05) is 32.1 Å². The molecule has 3 aliphatic rings. The van der Waals surface area contributed by atoms with Gasteiger partial charge in [-0.15, -0.1) is 0 Å². The summed E-state index contributed by atoms with van der Waals surface area (Å²) in [5.74, 6) is 0.951. The standard InChI is InChI=1S/C18H34N2O/c21-13-10-18-15-19(14-16-6-2-1-3-7-16)11-12-20(18)17-8-4-5-9-17/h16-18,21H,1-15H2/t18-/m1/s1. The predicted molar refractivity (Wildman–Crippen MR) is 87.5 cm³/mol. The average molecular weight is 294 g/mol. The fourth-order valence-corrected chi connectivity index (χ4v) is 4.96. The van der Waals surface area contributed by atoms with E-state index in [0.29, 0.717) is 12.6 Å². The van der Waals surface area contributed by atoms with Crippen molar-refractivity contribution >= 4 is 0 Å². The molecule has 0 amide bonds. The molecule has 0 aromatic rings. The van der Waals surface area contributed by atoms with Gasteiger partial charge in [0, 0.05) is 44.9 Å². The lowest BCUT2D eigenvalue weighted by Crippen LogP contribution is -2.57. The maximum absolute atomic E-state index is 9.44. The molecule has 3 nitrogen and oxygen atoms in total. The first-order valence-electron chi connectivity index (χ1n) is 9.46. The minimum atomic E-state index is 0.352. The number of hydrogen-bond acceptors (Lipinski definition) is 3. The van der Waals surface area contributed by atoms with Crippen molar-refractivity contribution in [3.05, 3.63) is 0 Å². The Kier molecular flexibility index (Phi) is 5.96. The third kappa shape index (κ3) is 4.20. The zero-order valence-electron chi connectivity index (χ0n) is 13.7. The van der Waals surface area contributed by atoms with Gasteiger partial charge in [0.1, 0.15) is 0 Å².